The molecule has 6 nitrogen and oxygen atoms in total. The Hall–Kier alpha value is -3.02. The van der Waals surface area contributed by atoms with Gasteiger partial charge in [0.15, 0.2) is 0 Å². The zero-order chi connectivity index (χ0) is 14.5. The highest BCUT2D eigenvalue weighted by Gasteiger charge is 2.06. The Morgan fingerprint density at radius 3 is 2.10 bits per heavy atom. The van der Waals surface area contributed by atoms with Crippen molar-refractivity contribution in [2.45, 2.75) is 0 Å². The Bertz CT molecular complexity index is 655. The summed E-state index contributed by atoms with van der Waals surface area (Å²) in [5, 5.41) is 23.2. The molecule has 2 amide bonds. The smallest absolute Gasteiger partial charge is 0.335 e. The second-order valence-electron chi connectivity index (χ2n) is 4.02. The number of hydrogen-bond donors (Lipinski definition) is 4. The van der Waals surface area contributed by atoms with Gasteiger partial charge in [0.25, 0.3) is 0 Å². The predicted octanol–water partition coefficient (Wildman–Crippen LogP) is 2.73. The third kappa shape index (κ3) is 3.49. The molecule has 0 fully saturated rings. The fourth-order valence-corrected chi connectivity index (χ4v) is 1.61. The number of carbonyl (C=O) groups excluding carboxylic acids is 1. The van der Waals surface area contributed by atoms with Crippen LogP contribution in [-0.2, 0) is 0 Å². The number of urea groups is 1. The third-order valence-corrected chi connectivity index (χ3v) is 2.47. The third-order valence-electron chi connectivity index (χ3n) is 2.47. The van der Waals surface area contributed by atoms with Crippen molar-refractivity contribution in [3.63, 3.8) is 0 Å². The number of aromatic hydroxyl groups is 1. The lowest BCUT2D eigenvalue weighted by molar-refractivity contribution is 0.0697. The molecule has 0 radical (unpaired) electrons. The molecule has 0 aliphatic heterocycles. The number of amides is 2. The van der Waals surface area contributed by atoms with Crippen molar-refractivity contribution in [3.05, 3.63) is 54.1 Å². The number of carbonyl (C=O) groups is 2. The molecule has 0 aromatic heterocycles. The molecule has 0 aliphatic carbocycles. The molecule has 0 bridgehead atoms. The number of carboxylic acid groups (broad SMARTS) is 1. The van der Waals surface area contributed by atoms with E-state index in [2.05, 4.69) is 10.6 Å². The summed E-state index contributed by atoms with van der Waals surface area (Å²) in [7, 11) is 0. The summed E-state index contributed by atoms with van der Waals surface area (Å²) in [5.41, 5.74) is 0.875. The lowest BCUT2D eigenvalue weighted by Crippen LogP contribution is -2.19. The average molecular weight is 272 g/mol. The summed E-state index contributed by atoms with van der Waals surface area (Å²) in [5.74, 6) is -1.03. The molecule has 2 rings (SSSR count). The fourth-order valence-electron chi connectivity index (χ4n) is 1.61. The van der Waals surface area contributed by atoms with E-state index < -0.39 is 12.0 Å². The van der Waals surface area contributed by atoms with Crippen LogP contribution in [0.25, 0.3) is 0 Å². The van der Waals surface area contributed by atoms with Crippen molar-refractivity contribution < 1.29 is 19.8 Å². The second-order valence-corrected chi connectivity index (χ2v) is 4.02. The van der Waals surface area contributed by atoms with Crippen molar-refractivity contribution in [1.29, 1.82) is 0 Å². The number of hydrogen-bond acceptors (Lipinski definition) is 3. The summed E-state index contributed by atoms with van der Waals surface area (Å²) in [4.78, 5) is 22.5. The van der Waals surface area contributed by atoms with Gasteiger partial charge in [0, 0.05) is 17.4 Å². The van der Waals surface area contributed by atoms with Crippen molar-refractivity contribution in [2.24, 2.45) is 0 Å². The van der Waals surface area contributed by atoms with E-state index in [1.165, 1.54) is 30.3 Å². The predicted molar refractivity (Wildman–Crippen MR) is 74.1 cm³/mol. The second kappa shape index (κ2) is 5.75. The minimum Gasteiger partial charge on any atom is -0.508 e. The van der Waals surface area contributed by atoms with E-state index in [1.54, 1.807) is 18.2 Å². The van der Waals surface area contributed by atoms with Gasteiger partial charge in [0.1, 0.15) is 5.75 Å². The molecule has 102 valence electrons. The van der Waals surface area contributed by atoms with Crippen molar-refractivity contribution in [1.82, 2.24) is 0 Å². The number of phenolic OH excluding ortho intramolecular Hbond substituents is 1. The Kier molecular flexibility index (Phi) is 3.85. The first kappa shape index (κ1) is 13.4. The van der Waals surface area contributed by atoms with Crippen molar-refractivity contribution in [3.8, 4) is 5.75 Å². The number of aromatic carboxylic acids is 1. The van der Waals surface area contributed by atoms with Gasteiger partial charge in [-0.05, 0) is 30.3 Å². The van der Waals surface area contributed by atoms with Crippen LogP contribution in [0.1, 0.15) is 10.4 Å². The van der Waals surface area contributed by atoms with Gasteiger partial charge in [0.2, 0.25) is 0 Å². The molecular weight excluding hydrogens is 260 g/mol. The quantitative estimate of drug-likeness (QED) is 0.690. The Labute approximate surface area is 114 Å². The lowest BCUT2D eigenvalue weighted by Gasteiger charge is -2.08. The Balaban J connectivity index is 2.04. The van der Waals surface area contributed by atoms with Crippen LogP contribution in [0.5, 0.6) is 5.75 Å². The van der Waals surface area contributed by atoms with Gasteiger partial charge >= 0.3 is 12.0 Å². The number of benzene rings is 2. The highest BCUT2D eigenvalue weighted by Crippen LogP contribution is 2.16. The van der Waals surface area contributed by atoms with Crippen LogP contribution in [0.15, 0.2) is 48.5 Å². The Morgan fingerprint density at radius 1 is 0.900 bits per heavy atom. The summed E-state index contributed by atoms with van der Waals surface area (Å²) < 4.78 is 0. The molecule has 0 spiro atoms. The first-order valence-electron chi connectivity index (χ1n) is 5.75. The van der Waals surface area contributed by atoms with Crippen LogP contribution in [0.2, 0.25) is 0 Å². The molecule has 0 atom stereocenters. The SMILES string of the molecule is O=C(Nc1cccc(O)c1)Nc1cccc(C(=O)O)c1. The first-order chi connectivity index (χ1) is 9.54. The summed E-state index contributed by atoms with van der Waals surface area (Å²) in [6.07, 6.45) is 0. The molecule has 0 unspecified atom stereocenters. The van der Waals surface area contributed by atoms with Crippen molar-refractivity contribution >= 4 is 23.4 Å². The number of anilines is 2. The van der Waals surface area contributed by atoms with Crippen LogP contribution in [0.4, 0.5) is 16.2 Å². The van der Waals surface area contributed by atoms with Crippen LogP contribution in [0, 0.1) is 0 Å². The minimum atomic E-state index is -1.07. The molecular formula is C14H12N2O4. The molecule has 6 heteroatoms. The minimum absolute atomic E-state index is 0.0377. The molecule has 20 heavy (non-hydrogen) atoms. The number of rotatable bonds is 3. The molecule has 0 saturated heterocycles. The maximum Gasteiger partial charge on any atom is 0.335 e. The van der Waals surface area contributed by atoms with Crippen LogP contribution >= 0.6 is 0 Å². The van der Waals surface area contributed by atoms with Gasteiger partial charge in [-0.25, -0.2) is 9.59 Å². The molecule has 0 saturated carbocycles. The standard InChI is InChI=1S/C14H12N2O4/c17-12-6-2-5-11(8-12)16-14(20)15-10-4-1-3-9(7-10)13(18)19/h1-8,17H,(H,18,19)(H2,15,16,20). The van der Waals surface area contributed by atoms with E-state index in [1.807, 2.05) is 0 Å². The van der Waals surface area contributed by atoms with Gasteiger partial charge in [-0.1, -0.05) is 12.1 Å². The van der Waals surface area contributed by atoms with Gasteiger partial charge in [0.05, 0.1) is 5.56 Å². The molecule has 0 aliphatic rings. The van der Waals surface area contributed by atoms with Gasteiger partial charge in [-0.3, -0.25) is 0 Å². The average Bonchev–Trinajstić information content (AvgIpc) is 2.38. The molecule has 4 N–H and O–H groups in total. The van der Waals surface area contributed by atoms with Gasteiger partial charge in [-0.2, -0.15) is 0 Å². The number of carboxylic acids is 1. The van der Waals surface area contributed by atoms with E-state index in [0.29, 0.717) is 11.4 Å². The van der Waals surface area contributed by atoms with E-state index in [-0.39, 0.29) is 11.3 Å². The summed E-state index contributed by atoms with van der Waals surface area (Å²) in [6, 6.07) is 11.5. The monoisotopic (exact) mass is 272 g/mol. The maximum atomic E-state index is 11.7. The maximum absolute atomic E-state index is 11.7. The number of nitrogens with one attached hydrogen (secondary N) is 2. The normalized spacial score (nSPS) is 9.80. The molecule has 2 aromatic carbocycles. The highest BCUT2D eigenvalue weighted by molar-refractivity contribution is 6.00. The van der Waals surface area contributed by atoms with E-state index >= 15 is 0 Å². The Morgan fingerprint density at radius 2 is 1.50 bits per heavy atom. The fraction of sp³-hybridized carbons (Fsp3) is 0. The summed E-state index contributed by atoms with van der Waals surface area (Å²) in [6.45, 7) is 0. The van der Waals surface area contributed by atoms with Crippen LogP contribution in [0.3, 0.4) is 0 Å². The highest BCUT2D eigenvalue weighted by atomic mass is 16.4. The van der Waals surface area contributed by atoms with Crippen LogP contribution in [-0.4, -0.2) is 22.2 Å². The zero-order valence-electron chi connectivity index (χ0n) is 10.3. The first-order valence-corrected chi connectivity index (χ1v) is 5.75. The van der Waals surface area contributed by atoms with Crippen LogP contribution < -0.4 is 10.6 Å². The lowest BCUT2D eigenvalue weighted by atomic mass is 10.2. The van der Waals surface area contributed by atoms with E-state index in [4.69, 9.17) is 5.11 Å². The molecule has 0 heterocycles. The zero-order valence-corrected chi connectivity index (χ0v) is 10.3. The largest absolute Gasteiger partial charge is 0.508 e. The van der Waals surface area contributed by atoms with E-state index in [9.17, 15) is 14.7 Å². The topological polar surface area (TPSA) is 98.7 Å². The van der Waals surface area contributed by atoms with Gasteiger partial charge < -0.3 is 20.8 Å². The molecule has 2 aromatic rings. The van der Waals surface area contributed by atoms with Gasteiger partial charge in [-0.15, -0.1) is 0 Å². The van der Waals surface area contributed by atoms with E-state index in [0.717, 1.165) is 0 Å². The summed E-state index contributed by atoms with van der Waals surface area (Å²) >= 11 is 0. The number of phenols is 1. The van der Waals surface area contributed by atoms with Crippen molar-refractivity contribution in [2.75, 3.05) is 10.6 Å².